The van der Waals surface area contributed by atoms with E-state index in [1.165, 1.54) is 11.8 Å². The second-order valence-electron chi connectivity index (χ2n) is 4.00. The Bertz CT molecular complexity index is 487. The molecule has 1 unspecified atom stereocenters. The molecule has 8 heteroatoms. The van der Waals surface area contributed by atoms with Gasteiger partial charge in [-0.3, -0.25) is 4.79 Å². The van der Waals surface area contributed by atoms with Gasteiger partial charge in [-0.1, -0.05) is 23.2 Å². The molecule has 0 heterocycles. The Kier molecular flexibility index (Phi) is 8.34. The summed E-state index contributed by atoms with van der Waals surface area (Å²) in [6.07, 6.45) is 0.759. The molecule has 1 amide bonds. The number of thioether (sulfide) groups is 1. The highest BCUT2D eigenvalue weighted by Crippen LogP contribution is 2.27. The zero-order valence-electron chi connectivity index (χ0n) is 11.1. The van der Waals surface area contributed by atoms with E-state index in [9.17, 15) is 9.59 Å². The minimum absolute atomic E-state index is 0.362. The monoisotopic (exact) mass is 351 g/mol. The lowest BCUT2D eigenvalue weighted by Crippen LogP contribution is -2.36. The molecule has 1 aromatic rings. The highest BCUT2D eigenvalue weighted by atomic mass is 35.5. The van der Waals surface area contributed by atoms with Crippen molar-refractivity contribution in [3.63, 3.8) is 0 Å². The summed E-state index contributed by atoms with van der Waals surface area (Å²) in [6.45, 7) is 0.449. The first kappa shape index (κ1) is 17.9. The molecular weight excluding hydrogens is 337 g/mol. The summed E-state index contributed by atoms with van der Waals surface area (Å²) in [4.78, 5) is 21.0. The topological polar surface area (TPSA) is 75.6 Å². The molecule has 0 aliphatic rings. The number of hydrogen-bond acceptors (Lipinski definition) is 4. The second kappa shape index (κ2) is 9.76. The summed E-state index contributed by atoms with van der Waals surface area (Å²) in [5.74, 6) is 0.821. The fourth-order valence-electron chi connectivity index (χ4n) is 1.47. The molecule has 0 aliphatic heterocycles. The lowest BCUT2D eigenvalue weighted by Gasteiger charge is -2.11. The summed E-state index contributed by atoms with van der Waals surface area (Å²) in [5.41, 5.74) is 0. The van der Waals surface area contributed by atoms with Crippen LogP contribution in [0.1, 0.15) is 6.42 Å². The Morgan fingerprint density at radius 3 is 2.81 bits per heavy atom. The van der Waals surface area contributed by atoms with E-state index in [-0.39, 0.29) is 0 Å². The molecule has 0 saturated carbocycles. The van der Waals surface area contributed by atoms with E-state index in [0.29, 0.717) is 46.7 Å². The highest BCUT2D eigenvalue weighted by Gasteiger charge is 2.15. The largest absolute Gasteiger partial charge is 0.491 e. The Morgan fingerprint density at radius 1 is 1.43 bits per heavy atom. The third-order valence-electron chi connectivity index (χ3n) is 2.50. The van der Waals surface area contributed by atoms with Crippen LogP contribution in [0.15, 0.2) is 18.2 Å². The number of carboxylic acids is 1. The van der Waals surface area contributed by atoms with Gasteiger partial charge in [0.2, 0.25) is 6.41 Å². The number of amides is 1. The van der Waals surface area contributed by atoms with Gasteiger partial charge in [-0.15, -0.1) is 0 Å². The molecule has 5 nitrogen and oxygen atoms in total. The highest BCUT2D eigenvalue weighted by molar-refractivity contribution is 7.99. The number of nitrogens with one attached hydrogen (secondary N) is 1. The average molecular weight is 352 g/mol. The van der Waals surface area contributed by atoms with E-state index in [0.717, 1.165) is 0 Å². The molecule has 1 aromatic carbocycles. The summed E-state index contributed by atoms with van der Waals surface area (Å²) in [5, 5.41) is 12.1. The molecule has 2 N–H and O–H groups in total. The number of rotatable bonds is 10. The van der Waals surface area contributed by atoms with E-state index in [2.05, 4.69) is 5.32 Å². The van der Waals surface area contributed by atoms with Crippen LogP contribution in [-0.2, 0) is 9.59 Å². The Hall–Kier alpha value is -1.11. The fraction of sp³-hybridized carbons (Fsp3) is 0.385. The number of carboxylic acid groups (broad SMARTS) is 1. The van der Waals surface area contributed by atoms with Crippen molar-refractivity contribution >= 4 is 47.3 Å². The molecular formula is C13H15Cl2NO4S. The lowest BCUT2D eigenvalue weighted by atomic mass is 10.2. The zero-order chi connectivity index (χ0) is 15.7. The predicted octanol–water partition coefficient (Wildman–Crippen LogP) is 2.69. The van der Waals surface area contributed by atoms with Gasteiger partial charge >= 0.3 is 5.97 Å². The van der Waals surface area contributed by atoms with Gasteiger partial charge in [0.05, 0.1) is 11.6 Å². The number of carbonyl (C=O) groups excluding carboxylic acids is 1. The van der Waals surface area contributed by atoms with Crippen molar-refractivity contribution in [3.8, 4) is 5.75 Å². The normalized spacial score (nSPS) is 11.7. The van der Waals surface area contributed by atoms with Crippen LogP contribution >= 0.6 is 35.0 Å². The minimum atomic E-state index is -1.04. The zero-order valence-corrected chi connectivity index (χ0v) is 13.4. The van der Waals surface area contributed by atoms with Gasteiger partial charge in [0.25, 0.3) is 0 Å². The Balaban J connectivity index is 2.19. The van der Waals surface area contributed by atoms with E-state index < -0.39 is 12.0 Å². The van der Waals surface area contributed by atoms with Gasteiger partial charge in [0.1, 0.15) is 11.8 Å². The van der Waals surface area contributed by atoms with Gasteiger partial charge in [-0.05, 0) is 30.4 Å². The lowest BCUT2D eigenvalue weighted by molar-refractivity contribution is -0.140. The van der Waals surface area contributed by atoms with Crippen LogP contribution in [0.5, 0.6) is 5.75 Å². The second-order valence-corrected chi connectivity index (χ2v) is 6.07. The molecule has 0 spiro atoms. The molecule has 116 valence electrons. The maximum Gasteiger partial charge on any atom is 0.326 e. The maximum absolute atomic E-state index is 10.8. The van der Waals surface area contributed by atoms with Crippen LogP contribution in [0.4, 0.5) is 0 Å². The maximum atomic E-state index is 10.8. The number of carbonyl (C=O) groups is 2. The third kappa shape index (κ3) is 6.93. The van der Waals surface area contributed by atoms with Gasteiger partial charge in [0, 0.05) is 10.8 Å². The van der Waals surface area contributed by atoms with E-state index in [4.69, 9.17) is 33.0 Å². The fourth-order valence-corrected chi connectivity index (χ4v) is 2.74. The number of halogens is 2. The summed E-state index contributed by atoms with van der Waals surface area (Å²) in [6, 6.07) is 4.15. The van der Waals surface area contributed by atoms with Crippen molar-refractivity contribution < 1.29 is 19.4 Å². The molecule has 0 aromatic heterocycles. The van der Waals surface area contributed by atoms with E-state index in [1.807, 2.05) is 0 Å². The molecule has 0 aliphatic carbocycles. The van der Waals surface area contributed by atoms with Gasteiger partial charge in [0.15, 0.2) is 0 Å². The van der Waals surface area contributed by atoms with Crippen LogP contribution in [0.25, 0.3) is 0 Å². The van der Waals surface area contributed by atoms with Gasteiger partial charge in [-0.2, -0.15) is 11.8 Å². The smallest absolute Gasteiger partial charge is 0.326 e. The van der Waals surface area contributed by atoms with E-state index in [1.54, 1.807) is 18.2 Å². The standard InChI is InChI=1S/C13H15Cl2NO4S/c14-9-1-2-12(10(15)7-9)20-4-6-21-5-3-11(13(18)19)16-8-17/h1-2,7-8,11H,3-6H2,(H,16,17)(H,18,19). The van der Waals surface area contributed by atoms with Crippen LogP contribution in [0.3, 0.4) is 0 Å². The Labute approximate surface area is 136 Å². The number of aliphatic carboxylic acids is 1. The average Bonchev–Trinajstić information content (AvgIpc) is 2.43. The minimum Gasteiger partial charge on any atom is -0.491 e. The SMILES string of the molecule is O=CNC(CCSCCOc1ccc(Cl)cc1Cl)C(=O)O. The van der Waals surface area contributed by atoms with Gasteiger partial charge < -0.3 is 15.2 Å². The van der Waals surface area contributed by atoms with Crippen LogP contribution in [0, 0.1) is 0 Å². The first-order valence-corrected chi connectivity index (χ1v) is 8.03. The number of ether oxygens (including phenoxy) is 1. The Morgan fingerprint density at radius 2 is 2.19 bits per heavy atom. The third-order valence-corrected chi connectivity index (χ3v) is 4.01. The molecule has 0 bridgehead atoms. The number of benzene rings is 1. The molecule has 0 saturated heterocycles. The quantitative estimate of drug-likeness (QED) is 0.500. The van der Waals surface area contributed by atoms with Crippen molar-refractivity contribution in [1.29, 1.82) is 0 Å². The summed E-state index contributed by atoms with van der Waals surface area (Å²) >= 11 is 13.3. The molecule has 0 fully saturated rings. The van der Waals surface area contributed by atoms with E-state index >= 15 is 0 Å². The van der Waals surface area contributed by atoms with Crippen LogP contribution in [-0.4, -0.2) is 41.6 Å². The van der Waals surface area contributed by atoms with Crippen molar-refractivity contribution in [2.75, 3.05) is 18.1 Å². The van der Waals surface area contributed by atoms with Gasteiger partial charge in [-0.25, -0.2) is 4.79 Å². The number of hydrogen-bond donors (Lipinski definition) is 2. The summed E-state index contributed by atoms with van der Waals surface area (Å²) in [7, 11) is 0. The first-order valence-electron chi connectivity index (χ1n) is 6.12. The molecule has 21 heavy (non-hydrogen) atoms. The van der Waals surface area contributed by atoms with Crippen LogP contribution < -0.4 is 10.1 Å². The molecule has 1 rings (SSSR count). The predicted molar refractivity (Wildman–Crippen MR) is 84.5 cm³/mol. The molecule has 0 radical (unpaired) electrons. The summed E-state index contributed by atoms with van der Waals surface area (Å²) < 4.78 is 5.49. The van der Waals surface area contributed by atoms with Crippen molar-refractivity contribution in [2.24, 2.45) is 0 Å². The van der Waals surface area contributed by atoms with Crippen molar-refractivity contribution in [2.45, 2.75) is 12.5 Å². The van der Waals surface area contributed by atoms with Crippen molar-refractivity contribution in [1.82, 2.24) is 5.32 Å². The molecule has 1 atom stereocenters. The van der Waals surface area contributed by atoms with Crippen LogP contribution in [0.2, 0.25) is 10.0 Å². The first-order chi connectivity index (χ1) is 10.0. The van der Waals surface area contributed by atoms with Crippen molar-refractivity contribution in [3.05, 3.63) is 28.2 Å².